The first kappa shape index (κ1) is 20.0. The van der Waals surface area contributed by atoms with Crippen LogP contribution in [0.4, 0.5) is 5.69 Å². The van der Waals surface area contributed by atoms with Gasteiger partial charge in [-0.2, -0.15) is 0 Å². The number of thiophene rings is 1. The van der Waals surface area contributed by atoms with Gasteiger partial charge >= 0.3 is 0 Å². The second kappa shape index (κ2) is 8.67. The molecule has 2 aromatic carbocycles. The SMILES string of the molecule is S=C1N[C@@H](c2ccccn2)[C@H](c2ccc(Cl)s2)N1c1ccc(Oc2ccccc2)cc1. The van der Waals surface area contributed by atoms with Gasteiger partial charge in [0.25, 0.3) is 0 Å². The highest BCUT2D eigenvalue weighted by Gasteiger charge is 2.41. The molecule has 1 saturated heterocycles. The molecule has 0 bridgehead atoms. The van der Waals surface area contributed by atoms with Crippen LogP contribution in [0.5, 0.6) is 11.5 Å². The lowest BCUT2D eigenvalue weighted by molar-refractivity contribution is 0.482. The number of ether oxygens (including phenoxy) is 1. The molecule has 0 radical (unpaired) electrons. The van der Waals surface area contributed by atoms with E-state index in [2.05, 4.69) is 21.3 Å². The highest BCUT2D eigenvalue weighted by Crippen LogP contribution is 2.44. The maximum atomic E-state index is 6.28. The smallest absolute Gasteiger partial charge is 0.174 e. The van der Waals surface area contributed by atoms with Gasteiger partial charge in [-0.25, -0.2) is 0 Å². The summed E-state index contributed by atoms with van der Waals surface area (Å²) in [5.41, 5.74) is 1.91. The largest absolute Gasteiger partial charge is 0.457 e. The van der Waals surface area contributed by atoms with E-state index in [4.69, 9.17) is 28.6 Å². The van der Waals surface area contributed by atoms with Crippen LogP contribution < -0.4 is 15.0 Å². The normalized spacial score (nSPS) is 18.1. The molecule has 2 atom stereocenters. The van der Waals surface area contributed by atoms with E-state index in [0.29, 0.717) is 5.11 Å². The molecule has 0 aliphatic carbocycles. The van der Waals surface area contributed by atoms with Gasteiger partial charge in [0.05, 0.1) is 22.1 Å². The van der Waals surface area contributed by atoms with Crippen LogP contribution in [0.1, 0.15) is 22.7 Å². The first-order valence-electron chi connectivity index (χ1n) is 9.78. The minimum Gasteiger partial charge on any atom is -0.457 e. The van der Waals surface area contributed by atoms with Crippen LogP contribution in [-0.4, -0.2) is 10.1 Å². The van der Waals surface area contributed by atoms with Gasteiger partial charge in [0.15, 0.2) is 5.11 Å². The average molecular weight is 464 g/mol. The molecule has 0 spiro atoms. The molecular weight excluding hydrogens is 446 g/mol. The maximum absolute atomic E-state index is 6.28. The number of halogens is 1. The summed E-state index contributed by atoms with van der Waals surface area (Å²) in [6, 6.07) is 27.5. The number of pyridine rings is 1. The summed E-state index contributed by atoms with van der Waals surface area (Å²) < 4.78 is 6.68. The topological polar surface area (TPSA) is 37.4 Å². The Labute approximate surface area is 195 Å². The van der Waals surface area contributed by atoms with E-state index in [-0.39, 0.29) is 12.1 Å². The lowest BCUT2D eigenvalue weighted by Crippen LogP contribution is -2.28. The number of thiocarbonyl (C=S) groups is 1. The molecule has 0 amide bonds. The number of benzene rings is 2. The molecule has 1 aliphatic heterocycles. The zero-order valence-corrected chi connectivity index (χ0v) is 18.7. The van der Waals surface area contributed by atoms with Gasteiger partial charge in [-0.05, 0) is 72.9 Å². The Morgan fingerprint density at radius 3 is 2.32 bits per heavy atom. The standard InChI is InChI=1S/C24H18ClN3OS2/c25-21-14-13-20(31-21)23-22(19-8-4-5-15-26-19)27-24(30)28(23)16-9-11-18(12-10-16)29-17-6-2-1-3-7-17/h1-15,22-23H,(H,27,30)/t22-,23-/m0/s1. The van der Waals surface area contributed by atoms with Crippen LogP contribution >= 0.6 is 35.2 Å². The van der Waals surface area contributed by atoms with Crippen LogP contribution in [0.3, 0.4) is 0 Å². The molecule has 7 heteroatoms. The van der Waals surface area contributed by atoms with Crippen molar-refractivity contribution >= 4 is 46.0 Å². The molecule has 2 aromatic heterocycles. The van der Waals surface area contributed by atoms with Gasteiger partial charge < -0.3 is 15.0 Å². The van der Waals surface area contributed by atoms with Gasteiger partial charge in [-0.1, -0.05) is 35.9 Å². The van der Waals surface area contributed by atoms with Crippen LogP contribution in [-0.2, 0) is 0 Å². The van der Waals surface area contributed by atoms with Crippen molar-refractivity contribution < 1.29 is 4.74 Å². The third-order valence-electron chi connectivity index (χ3n) is 5.08. The van der Waals surface area contributed by atoms with E-state index in [1.165, 1.54) is 0 Å². The second-order valence-corrected chi connectivity index (χ2v) is 9.18. The first-order chi connectivity index (χ1) is 15.2. The van der Waals surface area contributed by atoms with E-state index >= 15 is 0 Å². The van der Waals surface area contributed by atoms with Gasteiger partial charge in [0.2, 0.25) is 0 Å². The number of hydrogen-bond acceptors (Lipinski definition) is 4. The lowest BCUT2D eigenvalue weighted by atomic mass is 10.0. The summed E-state index contributed by atoms with van der Waals surface area (Å²) in [6.45, 7) is 0. The Kier molecular flexibility index (Phi) is 5.59. The maximum Gasteiger partial charge on any atom is 0.174 e. The fourth-order valence-electron chi connectivity index (χ4n) is 3.71. The molecule has 5 rings (SSSR count). The van der Waals surface area contributed by atoms with Crippen molar-refractivity contribution in [2.45, 2.75) is 12.1 Å². The lowest BCUT2D eigenvalue weighted by Gasteiger charge is -2.27. The first-order valence-corrected chi connectivity index (χ1v) is 11.4. The summed E-state index contributed by atoms with van der Waals surface area (Å²) in [7, 11) is 0. The predicted molar refractivity (Wildman–Crippen MR) is 130 cm³/mol. The number of nitrogens with one attached hydrogen (secondary N) is 1. The van der Waals surface area contributed by atoms with Crippen molar-refractivity contribution in [1.29, 1.82) is 0 Å². The van der Waals surface area contributed by atoms with E-state index in [9.17, 15) is 0 Å². The van der Waals surface area contributed by atoms with Gasteiger partial charge in [-0.3, -0.25) is 4.98 Å². The Morgan fingerprint density at radius 2 is 1.65 bits per heavy atom. The summed E-state index contributed by atoms with van der Waals surface area (Å²) in [5.74, 6) is 1.57. The molecule has 31 heavy (non-hydrogen) atoms. The second-order valence-electron chi connectivity index (χ2n) is 7.05. The molecule has 1 fully saturated rings. The van der Waals surface area contributed by atoms with Crippen molar-refractivity contribution in [3.63, 3.8) is 0 Å². The molecule has 0 saturated carbocycles. The number of anilines is 1. The van der Waals surface area contributed by atoms with Crippen molar-refractivity contribution in [1.82, 2.24) is 10.3 Å². The third kappa shape index (κ3) is 4.14. The highest BCUT2D eigenvalue weighted by atomic mass is 35.5. The zero-order valence-electron chi connectivity index (χ0n) is 16.3. The molecular formula is C24H18ClN3OS2. The Bertz CT molecular complexity index is 1180. The minimum absolute atomic E-state index is 0.0548. The zero-order chi connectivity index (χ0) is 21.2. The van der Waals surface area contributed by atoms with Crippen molar-refractivity contribution in [3.05, 3.63) is 106 Å². The average Bonchev–Trinajstić information content (AvgIpc) is 3.38. The summed E-state index contributed by atoms with van der Waals surface area (Å²) >= 11 is 13.6. The monoisotopic (exact) mass is 463 g/mol. The minimum atomic E-state index is -0.0799. The molecule has 1 N–H and O–H groups in total. The third-order valence-corrected chi connectivity index (χ3v) is 6.69. The van der Waals surface area contributed by atoms with Crippen molar-refractivity contribution in [2.75, 3.05) is 4.90 Å². The summed E-state index contributed by atoms with van der Waals surface area (Å²) in [4.78, 5) is 7.82. The number of para-hydroxylation sites is 1. The molecule has 1 aliphatic rings. The molecule has 4 aromatic rings. The summed E-state index contributed by atoms with van der Waals surface area (Å²) in [6.07, 6.45) is 1.80. The Hall–Kier alpha value is -2.93. The Morgan fingerprint density at radius 1 is 0.903 bits per heavy atom. The van der Waals surface area contributed by atoms with Crippen LogP contribution in [0.25, 0.3) is 0 Å². The Balaban J connectivity index is 1.48. The van der Waals surface area contributed by atoms with E-state index in [1.54, 1.807) is 17.5 Å². The molecule has 3 heterocycles. The van der Waals surface area contributed by atoms with Crippen molar-refractivity contribution in [3.8, 4) is 11.5 Å². The van der Waals surface area contributed by atoms with Gasteiger partial charge in [-0.15, -0.1) is 11.3 Å². The van der Waals surface area contributed by atoms with Crippen LogP contribution in [0.15, 0.2) is 91.1 Å². The number of nitrogens with zero attached hydrogens (tertiary/aromatic N) is 2. The van der Waals surface area contributed by atoms with Gasteiger partial charge in [0.1, 0.15) is 11.5 Å². The van der Waals surface area contributed by atoms with Crippen LogP contribution in [0.2, 0.25) is 4.34 Å². The fourth-order valence-corrected chi connectivity index (χ4v) is 5.24. The molecule has 4 nitrogen and oxygen atoms in total. The highest BCUT2D eigenvalue weighted by molar-refractivity contribution is 7.80. The van der Waals surface area contributed by atoms with Gasteiger partial charge in [0, 0.05) is 16.8 Å². The fraction of sp³-hybridized carbons (Fsp3) is 0.0833. The summed E-state index contributed by atoms with van der Waals surface area (Å²) in [5, 5.41) is 4.11. The quantitative estimate of drug-likeness (QED) is 0.331. The number of aromatic nitrogens is 1. The molecule has 154 valence electrons. The van der Waals surface area contributed by atoms with Crippen molar-refractivity contribution in [2.24, 2.45) is 0 Å². The molecule has 0 unspecified atom stereocenters. The van der Waals surface area contributed by atoms with E-state index in [1.807, 2.05) is 78.9 Å². The predicted octanol–water partition coefficient (Wildman–Crippen LogP) is 6.77. The number of rotatable bonds is 5. The van der Waals surface area contributed by atoms with Crippen LogP contribution in [0, 0.1) is 0 Å². The van der Waals surface area contributed by atoms with E-state index < -0.39 is 0 Å². The van der Waals surface area contributed by atoms with E-state index in [0.717, 1.165) is 32.1 Å². The number of hydrogen-bond donors (Lipinski definition) is 1.